The van der Waals surface area contributed by atoms with Crippen LogP contribution >= 0.6 is 22.6 Å². The molecule has 0 spiro atoms. The number of aliphatic hydroxyl groups is 1. The molecule has 1 aliphatic carbocycles. The average Bonchev–Trinajstić information content (AvgIpc) is 3.09. The van der Waals surface area contributed by atoms with Gasteiger partial charge in [0.05, 0.1) is 0 Å². The fourth-order valence-corrected chi connectivity index (χ4v) is 2.42. The molecule has 18 heavy (non-hydrogen) atoms. The van der Waals surface area contributed by atoms with Crippen molar-refractivity contribution in [1.82, 2.24) is 15.1 Å². The minimum Gasteiger partial charge on any atom is -0.389 e. The summed E-state index contributed by atoms with van der Waals surface area (Å²) < 4.78 is 2.36. The molecule has 2 rings (SSSR count). The number of hydrogen-bond donors (Lipinski definition) is 3. The topological polar surface area (TPSA) is 86.3 Å². The van der Waals surface area contributed by atoms with Crippen LogP contribution in [0.3, 0.4) is 0 Å². The molecule has 0 bridgehead atoms. The number of halogens is 1. The molecule has 1 unspecified atom stereocenters. The van der Waals surface area contributed by atoms with Crippen LogP contribution in [-0.4, -0.2) is 21.4 Å². The first-order chi connectivity index (χ1) is 8.61. The monoisotopic (exact) mass is 361 g/mol. The predicted molar refractivity (Wildman–Crippen MR) is 74.8 cm³/mol. The van der Waals surface area contributed by atoms with Crippen molar-refractivity contribution in [3.05, 3.63) is 27.4 Å². The normalized spacial score (nSPS) is 17.6. The molecule has 1 aromatic heterocycles. The van der Waals surface area contributed by atoms with Gasteiger partial charge in [-0.05, 0) is 41.4 Å². The molecule has 98 valence electrons. The Kier molecular flexibility index (Phi) is 4.33. The Bertz CT molecular complexity index is 466. The highest BCUT2D eigenvalue weighted by Crippen LogP contribution is 2.28. The number of aliphatic hydroxyl groups excluding tert-OH is 1. The molecule has 6 nitrogen and oxygen atoms in total. The van der Waals surface area contributed by atoms with Gasteiger partial charge in [0.2, 0.25) is 0 Å². The van der Waals surface area contributed by atoms with Gasteiger partial charge < -0.3 is 10.4 Å². The van der Waals surface area contributed by atoms with Crippen molar-refractivity contribution in [3.8, 4) is 0 Å². The Morgan fingerprint density at radius 3 is 3.06 bits per heavy atom. The van der Waals surface area contributed by atoms with Gasteiger partial charge in [0.15, 0.2) is 0 Å². The number of rotatable bonds is 6. The minimum absolute atomic E-state index is 0.307. The lowest BCUT2D eigenvalue weighted by molar-refractivity contribution is 0.210. The van der Waals surface area contributed by atoms with Crippen LogP contribution in [0.2, 0.25) is 0 Å². The van der Waals surface area contributed by atoms with Gasteiger partial charge in [-0.15, -0.1) is 0 Å². The van der Waals surface area contributed by atoms with Crippen LogP contribution in [0, 0.1) is 15.1 Å². The largest absolute Gasteiger partial charge is 0.389 e. The van der Waals surface area contributed by atoms with E-state index in [1.165, 1.54) is 12.8 Å². The molecular weight excluding hydrogens is 345 g/mol. The fourth-order valence-electron chi connectivity index (χ4n) is 1.65. The van der Waals surface area contributed by atoms with Crippen molar-refractivity contribution in [2.24, 2.45) is 18.1 Å². The molecule has 0 aromatic carbocycles. The Labute approximate surface area is 119 Å². The molecule has 7 heteroatoms. The molecule has 0 aliphatic heterocycles. The molecule has 3 N–H and O–H groups in total. The maximum atomic E-state index is 10.2. The first-order valence-corrected chi connectivity index (χ1v) is 6.87. The molecule has 1 aromatic rings. The second-order valence-electron chi connectivity index (χ2n) is 4.48. The number of hydrogen-bond acceptors (Lipinski definition) is 5. The lowest BCUT2D eigenvalue weighted by Crippen LogP contribution is -2.12. The fraction of sp³-hybridized carbons (Fsp3) is 0.545. The second kappa shape index (κ2) is 5.79. The van der Waals surface area contributed by atoms with Gasteiger partial charge in [0.25, 0.3) is 0 Å². The standard InChI is InChI=1S/C11H16IN5O/c1-17-6-8(11(12)16-17)10(18)9(15-13)5-14-4-7-2-3-7/h5-7,10,13-14,18H,2-4H2,1H3/b9-5-,15-13?. The smallest absolute Gasteiger partial charge is 0.129 e. The summed E-state index contributed by atoms with van der Waals surface area (Å²) in [5.41, 5.74) is 8.13. The number of nitrogens with zero attached hydrogens (tertiary/aromatic N) is 3. The van der Waals surface area contributed by atoms with Crippen LogP contribution in [0.5, 0.6) is 0 Å². The SMILES string of the molecule is Cn1cc(C(O)/C(=C/NCC2CC2)N=N)c(I)n1. The van der Waals surface area contributed by atoms with Crippen LogP contribution < -0.4 is 5.32 Å². The molecule has 1 saturated carbocycles. The van der Waals surface area contributed by atoms with E-state index in [0.29, 0.717) is 11.3 Å². The van der Waals surface area contributed by atoms with Gasteiger partial charge in [-0.25, -0.2) is 5.53 Å². The highest BCUT2D eigenvalue weighted by atomic mass is 127. The van der Waals surface area contributed by atoms with E-state index in [-0.39, 0.29) is 0 Å². The van der Waals surface area contributed by atoms with Crippen LogP contribution in [0.25, 0.3) is 0 Å². The van der Waals surface area contributed by atoms with Crippen LogP contribution in [0.4, 0.5) is 0 Å². The van der Waals surface area contributed by atoms with Gasteiger partial charge in [0, 0.05) is 31.6 Å². The second-order valence-corrected chi connectivity index (χ2v) is 5.51. The lowest BCUT2D eigenvalue weighted by atomic mass is 10.1. The average molecular weight is 361 g/mol. The van der Waals surface area contributed by atoms with E-state index in [0.717, 1.165) is 16.2 Å². The summed E-state index contributed by atoms with van der Waals surface area (Å²) in [5.74, 6) is 0.740. The molecule has 1 aliphatic rings. The molecule has 1 fully saturated rings. The van der Waals surface area contributed by atoms with Crippen LogP contribution in [0.15, 0.2) is 23.2 Å². The van der Waals surface area contributed by atoms with Crippen LogP contribution in [-0.2, 0) is 7.05 Å². The first-order valence-electron chi connectivity index (χ1n) is 5.80. The van der Waals surface area contributed by atoms with Gasteiger partial charge in [-0.2, -0.15) is 10.2 Å². The Hall–Kier alpha value is -0.960. The van der Waals surface area contributed by atoms with E-state index in [1.807, 2.05) is 0 Å². The van der Waals surface area contributed by atoms with E-state index in [9.17, 15) is 5.11 Å². The van der Waals surface area contributed by atoms with Crippen molar-refractivity contribution in [2.75, 3.05) is 6.54 Å². The summed E-state index contributed by atoms with van der Waals surface area (Å²) in [6.07, 6.45) is 4.98. The van der Waals surface area contributed by atoms with E-state index in [2.05, 4.69) is 38.1 Å². The van der Waals surface area contributed by atoms with Gasteiger partial charge in [-0.3, -0.25) is 4.68 Å². The van der Waals surface area contributed by atoms with Crippen molar-refractivity contribution in [2.45, 2.75) is 18.9 Å². The number of aryl methyl sites for hydroxylation is 1. The highest BCUT2D eigenvalue weighted by molar-refractivity contribution is 14.1. The molecule has 1 atom stereocenters. The molecule has 1 heterocycles. The molecular formula is C11H16IN5O. The number of nitrogens with one attached hydrogen (secondary N) is 2. The summed E-state index contributed by atoms with van der Waals surface area (Å²) in [4.78, 5) is 0. The third kappa shape index (κ3) is 3.29. The van der Waals surface area contributed by atoms with E-state index < -0.39 is 6.10 Å². The Morgan fingerprint density at radius 1 is 1.83 bits per heavy atom. The minimum atomic E-state index is -0.908. The lowest BCUT2D eigenvalue weighted by Gasteiger charge is -2.09. The maximum absolute atomic E-state index is 10.2. The first kappa shape index (κ1) is 13.5. The van der Waals surface area contributed by atoms with Gasteiger partial charge in [-0.1, -0.05) is 0 Å². The summed E-state index contributed by atoms with van der Waals surface area (Å²) in [6, 6.07) is 0. The van der Waals surface area contributed by atoms with E-state index in [4.69, 9.17) is 5.53 Å². The molecule has 0 saturated heterocycles. The third-order valence-electron chi connectivity index (χ3n) is 2.87. The van der Waals surface area contributed by atoms with Crippen molar-refractivity contribution in [1.29, 1.82) is 5.53 Å². The Morgan fingerprint density at radius 2 is 2.56 bits per heavy atom. The number of aromatic nitrogens is 2. The van der Waals surface area contributed by atoms with Crippen LogP contribution in [0.1, 0.15) is 24.5 Å². The summed E-state index contributed by atoms with van der Waals surface area (Å²) in [7, 11) is 1.80. The maximum Gasteiger partial charge on any atom is 0.129 e. The van der Waals surface area contributed by atoms with Crippen molar-refractivity contribution in [3.63, 3.8) is 0 Å². The predicted octanol–water partition coefficient (Wildman–Crippen LogP) is 1.93. The zero-order valence-corrected chi connectivity index (χ0v) is 12.3. The Balaban J connectivity index is 2.05. The zero-order valence-electron chi connectivity index (χ0n) is 10.1. The van der Waals surface area contributed by atoms with E-state index in [1.54, 1.807) is 24.1 Å². The van der Waals surface area contributed by atoms with E-state index >= 15 is 0 Å². The van der Waals surface area contributed by atoms with Crippen molar-refractivity contribution >= 4 is 22.6 Å². The van der Waals surface area contributed by atoms with Gasteiger partial charge in [0.1, 0.15) is 15.5 Å². The zero-order chi connectivity index (χ0) is 13.1. The van der Waals surface area contributed by atoms with Crippen molar-refractivity contribution < 1.29 is 5.11 Å². The molecule has 0 radical (unpaired) electrons. The quantitative estimate of drug-likeness (QED) is 0.535. The summed E-state index contributed by atoms with van der Waals surface area (Å²) >= 11 is 2.06. The molecule has 0 amide bonds. The highest BCUT2D eigenvalue weighted by Gasteiger charge is 2.21. The van der Waals surface area contributed by atoms with Gasteiger partial charge >= 0.3 is 0 Å². The third-order valence-corrected chi connectivity index (χ3v) is 3.71. The summed E-state index contributed by atoms with van der Waals surface area (Å²) in [6.45, 7) is 0.885. The summed E-state index contributed by atoms with van der Waals surface area (Å²) in [5, 5.41) is 20.8.